The molecule has 0 N–H and O–H groups in total. The van der Waals surface area contributed by atoms with E-state index < -0.39 is 0 Å². The molecule has 2 aromatic carbocycles. The molecule has 2 aromatic heterocycles. The third kappa shape index (κ3) is 2.22. The highest BCUT2D eigenvalue weighted by Crippen LogP contribution is 2.34. The smallest absolute Gasteiger partial charge is 0.298 e. The SMILES string of the molecule is CC(C)c1nc2ccccc2n1C1CN(c2nc3ccccc3o2)C1. The molecule has 0 aliphatic carbocycles. The molecule has 0 radical (unpaired) electrons. The first-order valence-electron chi connectivity index (χ1n) is 8.78. The van der Waals surface area contributed by atoms with E-state index in [1.165, 1.54) is 5.52 Å². The highest BCUT2D eigenvalue weighted by Gasteiger charge is 2.34. The highest BCUT2D eigenvalue weighted by atomic mass is 16.4. The first-order valence-corrected chi connectivity index (χ1v) is 8.78. The van der Waals surface area contributed by atoms with Gasteiger partial charge in [-0.15, -0.1) is 0 Å². The van der Waals surface area contributed by atoms with Crippen LogP contribution in [-0.2, 0) is 0 Å². The van der Waals surface area contributed by atoms with Crippen molar-refractivity contribution in [1.29, 1.82) is 0 Å². The van der Waals surface area contributed by atoms with Gasteiger partial charge in [-0.3, -0.25) is 0 Å². The molecule has 0 saturated carbocycles. The van der Waals surface area contributed by atoms with Crippen molar-refractivity contribution in [3.8, 4) is 0 Å². The van der Waals surface area contributed by atoms with E-state index in [-0.39, 0.29) is 0 Å². The molecule has 5 heteroatoms. The lowest BCUT2D eigenvalue weighted by molar-refractivity contribution is 0.369. The van der Waals surface area contributed by atoms with Crippen LogP contribution in [0, 0.1) is 0 Å². The second-order valence-corrected chi connectivity index (χ2v) is 7.01. The summed E-state index contributed by atoms with van der Waals surface area (Å²) in [6, 6.07) is 17.4. The van der Waals surface area contributed by atoms with Crippen LogP contribution in [0.3, 0.4) is 0 Å². The molecule has 0 atom stereocenters. The van der Waals surface area contributed by atoms with Crippen LogP contribution in [0.5, 0.6) is 0 Å². The molecule has 1 aliphatic heterocycles. The van der Waals surface area contributed by atoms with Gasteiger partial charge in [0, 0.05) is 19.0 Å². The highest BCUT2D eigenvalue weighted by molar-refractivity contribution is 5.77. The van der Waals surface area contributed by atoms with Crippen molar-refractivity contribution >= 4 is 28.1 Å². The molecule has 0 amide bonds. The Hall–Kier alpha value is -2.82. The molecular weight excluding hydrogens is 312 g/mol. The number of hydrogen-bond acceptors (Lipinski definition) is 4. The van der Waals surface area contributed by atoms with Gasteiger partial charge < -0.3 is 13.9 Å². The van der Waals surface area contributed by atoms with Gasteiger partial charge in [-0.1, -0.05) is 38.1 Å². The summed E-state index contributed by atoms with van der Waals surface area (Å²) in [5, 5.41) is 0. The molecule has 1 saturated heterocycles. The normalized spacial score (nSPS) is 15.4. The number of benzene rings is 2. The summed E-state index contributed by atoms with van der Waals surface area (Å²) in [6.45, 7) is 6.20. The monoisotopic (exact) mass is 332 g/mol. The molecule has 1 aliphatic rings. The van der Waals surface area contributed by atoms with Crippen molar-refractivity contribution in [1.82, 2.24) is 14.5 Å². The molecule has 126 valence electrons. The van der Waals surface area contributed by atoms with Crippen molar-refractivity contribution in [2.75, 3.05) is 18.0 Å². The van der Waals surface area contributed by atoms with Crippen LogP contribution < -0.4 is 4.90 Å². The fourth-order valence-electron chi connectivity index (χ4n) is 3.62. The number of anilines is 1. The Morgan fingerprint density at radius 2 is 1.68 bits per heavy atom. The Morgan fingerprint density at radius 1 is 0.960 bits per heavy atom. The zero-order valence-corrected chi connectivity index (χ0v) is 14.4. The second kappa shape index (κ2) is 5.34. The Morgan fingerprint density at radius 3 is 2.44 bits per heavy atom. The molecule has 5 nitrogen and oxygen atoms in total. The zero-order valence-electron chi connectivity index (χ0n) is 14.4. The van der Waals surface area contributed by atoms with Gasteiger partial charge >= 0.3 is 0 Å². The first kappa shape index (κ1) is 14.5. The number of oxazole rings is 1. The molecule has 25 heavy (non-hydrogen) atoms. The van der Waals surface area contributed by atoms with Crippen LogP contribution in [0.2, 0.25) is 0 Å². The van der Waals surface area contributed by atoms with E-state index in [0.717, 1.165) is 35.5 Å². The van der Waals surface area contributed by atoms with E-state index in [4.69, 9.17) is 9.40 Å². The predicted octanol–water partition coefficient (Wildman–Crippen LogP) is 4.36. The van der Waals surface area contributed by atoms with Gasteiger partial charge in [0.05, 0.1) is 17.1 Å². The zero-order chi connectivity index (χ0) is 17.0. The molecule has 3 heterocycles. The van der Waals surface area contributed by atoms with Crippen LogP contribution in [-0.4, -0.2) is 27.6 Å². The lowest BCUT2D eigenvalue weighted by Crippen LogP contribution is -2.48. The fraction of sp³-hybridized carbons (Fsp3) is 0.300. The Labute approximate surface area is 145 Å². The van der Waals surface area contributed by atoms with E-state index in [0.29, 0.717) is 18.0 Å². The van der Waals surface area contributed by atoms with Crippen LogP contribution in [0.4, 0.5) is 6.01 Å². The van der Waals surface area contributed by atoms with Gasteiger partial charge in [0.15, 0.2) is 5.58 Å². The number of para-hydroxylation sites is 4. The molecular formula is C20H20N4O. The van der Waals surface area contributed by atoms with E-state index in [9.17, 15) is 0 Å². The molecule has 4 aromatic rings. The number of nitrogens with zero attached hydrogens (tertiary/aromatic N) is 4. The predicted molar refractivity (Wildman–Crippen MR) is 99.1 cm³/mol. The second-order valence-electron chi connectivity index (χ2n) is 7.01. The van der Waals surface area contributed by atoms with E-state index >= 15 is 0 Å². The van der Waals surface area contributed by atoms with Crippen molar-refractivity contribution in [2.45, 2.75) is 25.8 Å². The number of hydrogen-bond donors (Lipinski definition) is 0. The maximum atomic E-state index is 5.89. The lowest BCUT2D eigenvalue weighted by Gasteiger charge is -2.40. The summed E-state index contributed by atoms with van der Waals surface area (Å²) in [4.78, 5) is 11.7. The third-order valence-electron chi connectivity index (χ3n) is 4.92. The van der Waals surface area contributed by atoms with Gasteiger partial charge in [-0.05, 0) is 24.3 Å². The van der Waals surface area contributed by atoms with Crippen molar-refractivity contribution in [3.63, 3.8) is 0 Å². The molecule has 5 rings (SSSR count). The van der Waals surface area contributed by atoms with Crippen LogP contribution in [0.15, 0.2) is 52.9 Å². The quantitative estimate of drug-likeness (QED) is 0.559. The fourth-order valence-corrected chi connectivity index (χ4v) is 3.62. The number of imidazole rings is 1. The summed E-state index contributed by atoms with van der Waals surface area (Å²) < 4.78 is 8.29. The van der Waals surface area contributed by atoms with E-state index in [1.54, 1.807) is 0 Å². The van der Waals surface area contributed by atoms with Crippen LogP contribution in [0.25, 0.3) is 22.1 Å². The average Bonchev–Trinajstić information content (AvgIpc) is 3.15. The van der Waals surface area contributed by atoms with Crippen LogP contribution >= 0.6 is 0 Å². The van der Waals surface area contributed by atoms with E-state index in [1.807, 2.05) is 24.3 Å². The van der Waals surface area contributed by atoms with Gasteiger partial charge in [0.1, 0.15) is 11.3 Å². The number of rotatable bonds is 3. The molecule has 1 fully saturated rings. The Kier molecular flexibility index (Phi) is 3.10. The summed E-state index contributed by atoms with van der Waals surface area (Å²) in [5.74, 6) is 1.55. The first-order chi connectivity index (χ1) is 12.2. The summed E-state index contributed by atoms with van der Waals surface area (Å²) in [7, 11) is 0. The van der Waals surface area contributed by atoms with Crippen LogP contribution in [0.1, 0.15) is 31.6 Å². The summed E-state index contributed by atoms with van der Waals surface area (Å²) in [6.07, 6.45) is 0. The van der Waals surface area contributed by atoms with Crippen molar-refractivity contribution < 1.29 is 4.42 Å². The molecule has 0 spiro atoms. The maximum Gasteiger partial charge on any atom is 0.298 e. The standard InChI is InChI=1S/C20H20N4O/c1-13(2)19-21-15-7-3-5-9-17(15)24(19)14-11-23(12-14)20-22-16-8-4-6-10-18(16)25-20/h3-10,13-14H,11-12H2,1-2H3. The minimum Gasteiger partial charge on any atom is -0.423 e. The molecule has 0 bridgehead atoms. The Bertz CT molecular complexity index is 1020. The van der Waals surface area contributed by atoms with Gasteiger partial charge in [0.25, 0.3) is 6.01 Å². The Balaban J connectivity index is 1.47. The minimum atomic E-state index is 0.394. The van der Waals surface area contributed by atoms with Gasteiger partial charge in [-0.25, -0.2) is 4.98 Å². The lowest BCUT2D eigenvalue weighted by atomic mass is 10.1. The van der Waals surface area contributed by atoms with Gasteiger partial charge in [-0.2, -0.15) is 4.98 Å². The topological polar surface area (TPSA) is 47.1 Å². The van der Waals surface area contributed by atoms with Crippen molar-refractivity contribution in [2.24, 2.45) is 0 Å². The number of fused-ring (bicyclic) bond motifs is 2. The maximum absolute atomic E-state index is 5.89. The molecule has 0 unspecified atom stereocenters. The minimum absolute atomic E-state index is 0.394. The largest absolute Gasteiger partial charge is 0.423 e. The van der Waals surface area contributed by atoms with E-state index in [2.05, 4.69) is 52.6 Å². The van der Waals surface area contributed by atoms with Crippen molar-refractivity contribution in [3.05, 3.63) is 54.4 Å². The third-order valence-corrected chi connectivity index (χ3v) is 4.92. The summed E-state index contributed by atoms with van der Waals surface area (Å²) >= 11 is 0. The summed E-state index contributed by atoms with van der Waals surface area (Å²) in [5.41, 5.74) is 4.05. The average molecular weight is 332 g/mol. The number of aromatic nitrogens is 3. The van der Waals surface area contributed by atoms with Gasteiger partial charge in [0.2, 0.25) is 0 Å².